The smallest absolute Gasteiger partial charge is 0.150 e. The first kappa shape index (κ1) is 13.4. The fourth-order valence-corrected chi connectivity index (χ4v) is 2.72. The zero-order chi connectivity index (χ0) is 13.1. The van der Waals surface area contributed by atoms with Gasteiger partial charge in [-0.05, 0) is 30.5 Å². The van der Waals surface area contributed by atoms with Gasteiger partial charge in [-0.1, -0.05) is 18.5 Å². The second-order valence-electron chi connectivity index (χ2n) is 4.81. The number of halogens is 1. The van der Waals surface area contributed by atoms with Crippen LogP contribution in [0.1, 0.15) is 23.7 Å². The van der Waals surface area contributed by atoms with Crippen molar-refractivity contribution >= 4 is 23.6 Å². The molecule has 0 aliphatic carbocycles. The monoisotopic (exact) mass is 267 g/mol. The van der Waals surface area contributed by atoms with Crippen molar-refractivity contribution in [2.75, 3.05) is 25.1 Å². The molecule has 2 atom stereocenters. The number of nitrogens with zero attached hydrogens (tertiary/aromatic N) is 1. The van der Waals surface area contributed by atoms with E-state index in [-0.39, 0.29) is 6.10 Å². The molecule has 1 aromatic rings. The van der Waals surface area contributed by atoms with E-state index in [1.54, 1.807) is 19.2 Å². The first-order valence-corrected chi connectivity index (χ1v) is 6.56. The lowest BCUT2D eigenvalue weighted by atomic mass is 9.95. The van der Waals surface area contributed by atoms with Gasteiger partial charge in [-0.15, -0.1) is 0 Å². The minimum atomic E-state index is 0.237. The summed E-state index contributed by atoms with van der Waals surface area (Å²) in [4.78, 5) is 12.9. The molecule has 4 heteroatoms. The quantitative estimate of drug-likeness (QED) is 0.789. The Labute approximate surface area is 113 Å². The van der Waals surface area contributed by atoms with Crippen LogP contribution >= 0.6 is 11.6 Å². The summed E-state index contributed by atoms with van der Waals surface area (Å²) in [5, 5.41) is 0.629. The van der Waals surface area contributed by atoms with Gasteiger partial charge in [0, 0.05) is 25.8 Å². The molecule has 1 aliphatic heterocycles. The molecule has 0 spiro atoms. The van der Waals surface area contributed by atoms with Gasteiger partial charge >= 0.3 is 0 Å². The van der Waals surface area contributed by atoms with E-state index in [4.69, 9.17) is 16.3 Å². The predicted molar refractivity (Wildman–Crippen MR) is 73.6 cm³/mol. The first-order chi connectivity index (χ1) is 8.65. The number of hydrogen-bond acceptors (Lipinski definition) is 3. The second kappa shape index (κ2) is 5.72. The summed E-state index contributed by atoms with van der Waals surface area (Å²) in [7, 11) is 1.75. The first-order valence-electron chi connectivity index (χ1n) is 6.18. The van der Waals surface area contributed by atoms with Gasteiger partial charge in [0.2, 0.25) is 0 Å². The lowest BCUT2D eigenvalue weighted by molar-refractivity contribution is 0.0498. The molecule has 3 nitrogen and oxygen atoms in total. The van der Waals surface area contributed by atoms with Crippen LogP contribution in [0.5, 0.6) is 0 Å². The van der Waals surface area contributed by atoms with E-state index in [1.165, 1.54) is 0 Å². The van der Waals surface area contributed by atoms with E-state index < -0.39 is 0 Å². The van der Waals surface area contributed by atoms with Gasteiger partial charge in [-0.3, -0.25) is 4.79 Å². The highest BCUT2D eigenvalue weighted by Crippen LogP contribution is 2.30. The molecule has 0 amide bonds. The Morgan fingerprint density at radius 3 is 2.89 bits per heavy atom. The van der Waals surface area contributed by atoms with Crippen LogP contribution in [0.4, 0.5) is 5.69 Å². The van der Waals surface area contributed by atoms with Crippen LogP contribution in [0, 0.1) is 5.92 Å². The molecule has 0 bridgehead atoms. The van der Waals surface area contributed by atoms with Gasteiger partial charge in [0.1, 0.15) is 6.29 Å². The lowest BCUT2D eigenvalue weighted by Crippen LogP contribution is -2.44. The average molecular weight is 268 g/mol. The standard InChI is InChI=1S/C14H18ClNO2/c1-10-5-6-16(8-14(10)18-2)13-4-3-11(9-17)7-12(13)15/h3-4,7,9-10,14H,5-6,8H2,1-2H3. The van der Waals surface area contributed by atoms with Crippen LogP contribution in [0.25, 0.3) is 0 Å². The minimum absolute atomic E-state index is 0.237. The van der Waals surface area contributed by atoms with Crippen molar-refractivity contribution in [3.63, 3.8) is 0 Å². The van der Waals surface area contributed by atoms with Gasteiger partial charge in [0.25, 0.3) is 0 Å². The number of carbonyl (C=O) groups excluding carboxylic acids is 1. The Morgan fingerprint density at radius 1 is 1.50 bits per heavy atom. The number of piperidine rings is 1. The largest absolute Gasteiger partial charge is 0.379 e. The van der Waals surface area contributed by atoms with Gasteiger partial charge in [0.05, 0.1) is 16.8 Å². The van der Waals surface area contributed by atoms with Crippen LogP contribution in [-0.2, 0) is 4.74 Å². The number of rotatable bonds is 3. The molecule has 1 heterocycles. The van der Waals surface area contributed by atoms with Crippen molar-refractivity contribution in [1.29, 1.82) is 0 Å². The van der Waals surface area contributed by atoms with Crippen molar-refractivity contribution in [3.8, 4) is 0 Å². The van der Waals surface area contributed by atoms with Crippen molar-refractivity contribution in [2.24, 2.45) is 5.92 Å². The number of ether oxygens (including phenoxy) is 1. The number of carbonyl (C=O) groups is 1. The second-order valence-corrected chi connectivity index (χ2v) is 5.22. The van der Waals surface area contributed by atoms with Crippen LogP contribution in [0.15, 0.2) is 18.2 Å². The highest BCUT2D eigenvalue weighted by atomic mass is 35.5. The Kier molecular flexibility index (Phi) is 4.25. The molecule has 0 aromatic heterocycles. The highest BCUT2D eigenvalue weighted by molar-refractivity contribution is 6.33. The zero-order valence-corrected chi connectivity index (χ0v) is 11.5. The maximum Gasteiger partial charge on any atom is 0.150 e. The molecular formula is C14H18ClNO2. The fourth-order valence-electron chi connectivity index (χ4n) is 2.41. The van der Waals surface area contributed by atoms with Crippen molar-refractivity contribution < 1.29 is 9.53 Å². The molecule has 1 saturated heterocycles. The van der Waals surface area contributed by atoms with Crippen molar-refractivity contribution in [1.82, 2.24) is 0 Å². The van der Waals surface area contributed by atoms with Crippen LogP contribution in [0.2, 0.25) is 5.02 Å². The van der Waals surface area contributed by atoms with Crippen molar-refractivity contribution in [2.45, 2.75) is 19.4 Å². The topological polar surface area (TPSA) is 29.5 Å². The predicted octanol–water partition coefficient (Wildman–Crippen LogP) is 3.01. The van der Waals surface area contributed by atoms with E-state index >= 15 is 0 Å². The van der Waals surface area contributed by atoms with Gasteiger partial charge in [-0.2, -0.15) is 0 Å². The van der Waals surface area contributed by atoms with E-state index in [1.807, 2.05) is 6.07 Å². The molecule has 98 valence electrons. The third kappa shape index (κ3) is 2.68. The third-order valence-corrected chi connectivity index (χ3v) is 3.94. The SMILES string of the molecule is COC1CN(c2ccc(C=O)cc2Cl)CCC1C. The Bertz CT molecular complexity index is 436. The molecular weight excluding hydrogens is 250 g/mol. The summed E-state index contributed by atoms with van der Waals surface area (Å²) >= 11 is 6.23. The van der Waals surface area contributed by atoms with Gasteiger partial charge in [0.15, 0.2) is 0 Å². The number of methoxy groups -OCH3 is 1. The molecule has 2 unspecified atom stereocenters. The van der Waals surface area contributed by atoms with E-state index in [9.17, 15) is 4.79 Å². The molecule has 0 saturated carbocycles. The van der Waals surface area contributed by atoms with Crippen molar-refractivity contribution in [3.05, 3.63) is 28.8 Å². The summed E-state index contributed by atoms with van der Waals surface area (Å²) in [5.74, 6) is 0.569. The number of aldehydes is 1. The number of hydrogen-bond donors (Lipinski definition) is 0. The summed E-state index contributed by atoms with van der Waals surface area (Å²) in [6, 6.07) is 5.42. The Hall–Kier alpha value is -1.06. The minimum Gasteiger partial charge on any atom is -0.379 e. The Morgan fingerprint density at radius 2 is 2.28 bits per heavy atom. The average Bonchev–Trinajstić information content (AvgIpc) is 2.39. The van der Waals surface area contributed by atoms with Crippen LogP contribution in [0.3, 0.4) is 0 Å². The Balaban J connectivity index is 2.19. The normalized spacial score (nSPS) is 24.1. The molecule has 1 aliphatic rings. The number of benzene rings is 1. The maximum absolute atomic E-state index is 10.7. The number of anilines is 1. The fraction of sp³-hybridized carbons (Fsp3) is 0.500. The third-order valence-electron chi connectivity index (χ3n) is 3.64. The molecule has 1 aromatic carbocycles. The van der Waals surface area contributed by atoms with Crippen LogP contribution in [-0.4, -0.2) is 32.6 Å². The van der Waals surface area contributed by atoms with Gasteiger partial charge in [-0.25, -0.2) is 0 Å². The molecule has 0 N–H and O–H groups in total. The molecule has 1 fully saturated rings. The summed E-state index contributed by atoms with van der Waals surface area (Å²) in [5.41, 5.74) is 1.59. The van der Waals surface area contributed by atoms with E-state index in [0.29, 0.717) is 16.5 Å². The highest BCUT2D eigenvalue weighted by Gasteiger charge is 2.26. The van der Waals surface area contributed by atoms with E-state index in [2.05, 4.69) is 11.8 Å². The maximum atomic E-state index is 10.7. The zero-order valence-electron chi connectivity index (χ0n) is 10.7. The lowest BCUT2D eigenvalue weighted by Gasteiger charge is -2.38. The summed E-state index contributed by atoms with van der Waals surface area (Å²) in [6.45, 7) is 4.03. The van der Waals surface area contributed by atoms with E-state index in [0.717, 1.165) is 31.5 Å². The molecule has 18 heavy (non-hydrogen) atoms. The van der Waals surface area contributed by atoms with Gasteiger partial charge < -0.3 is 9.64 Å². The molecule has 0 radical (unpaired) electrons. The molecule has 2 rings (SSSR count). The summed E-state index contributed by atoms with van der Waals surface area (Å²) < 4.78 is 5.50. The van der Waals surface area contributed by atoms with Crippen LogP contribution < -0.4 is 4.90 Å². The summed E-state index contributed by atoms with van der Waals surface area (Å²) in [6.07, 6.45) is 2.14.